The lowest BCUT2D eigenvalue weighted by atomic mass is 10.3. The fourth-order valence-electron chi connectivity index (χ4n) is 2.63. The van der Waals surface area contributed by atoms with Gasteiger partial charge in [-0.25, -0.2) is 13.1 Å². The van der Waals surface area contributed by atoms with E-state index in [0.29, 0.717) is 18.0 Å². The van der Waals surface area contributed by atoms with Crippen LogP contribution in [0.25, 0.3) is 0 Å². The molecule has 0 aromatic carbocycles. The quantitative estimate of drug-likeness (QED) is 0.758. The van der Waals surface area contributed by atoms with Crippen molar-refractivity contribution in [1.82, 2.24) is 14.9 Å². The van der Waals surface area contributed by atoms with E-state index in [2.05, 4.69) is 14.9 Å². The normalized spacial score (nSPS) is 16.7. The van der Waals surface area contributed by atoms with Crippen molar-refractivity contribution in [2.75, 3.05) is 32.7 Å². The van der Waals surface area contributed by atoms with E-state index in [1.54, 1.807) is 0 Å². The van der Waals surface area contributed by atoms with Crippen molar-refractivity contribution in [2.24, 2.45) is 0 Å². The number of nitrogens with zero attached hydrogens (tertiary/aromatic N) is 1. The summed E-state index contributed by atoms with van der Waals surface area (Å²) < 4.78 is 27.8. The van der Waals surface area contributed by atoms with E-state index in [0.717, 1.165) is 36.6 Å². The van der Waals surface area contributed by atoms with Gasteiger partial charge in [-0.3, -0.25) is 0 Å². The van der Waals surface area contributed by atoms with E-state index in [9.17, 15) is 8.42 Å². The van der Waals surface area contributed by atoms with E-state index >= 15 is 0 Å². The first kappa shape index (κ1) is 16.9. The molecule has 0 amide bonds. The molecule has 0 radical (unpaired) electrons. The highest BCUT2D eigenvalue weighted by Crippen LogP contribution is 2.26. The Bertz CT molecular complexity index is 549. The van der Waals surface area contributed by atoms with Crippen LogP contribution in [0, 0.1) is 6.92 Å². The third-order valence-electron chi connectivity index (χ3n) is 3.71. The molecule has 1 fully saturated rings. The zero-order valence-electron chi connectivity index (χ0n) is 12.8. The number of sulfonamides is 1. The van der Waals surface area contributed by atoms with Gasteiger partial charge in [0.25, 0.3) is 0 Å². The number of nitrogens with one attached hydrogen (secondary N) is 2. The lowest BCUT2D eigenvalue weighted by molar-refractivity contribution is 0.344. The largest absolute Gasteiger partial charge is 0.312 e. The second-order valence-electron chi connectivity index (χ2n) is 5.40. The van der Waals surface area contributed by atoms with Gasteiger partial charge in [-0.1, -0.05) is 6.92 Å². The minimum atomic E-state index is -3.41. The van der Waals surface area contributed by atoms with Crippen LogP contribution < -0.4 is 10.0 Å². The molecule has 1 saturated heterocycles. The summed E-state index contributed by atoms with van der Waals surface area (Å²) in [7, 11) is -3.41. The van der Waals surface area contributed by atoms with Crippen LogP contribution in [0.2, 0.25) is 0 Å². The fourth-order valence-corrected chi connectivity index (χ4v) is 5.42. The van der Waals surface area contributed by atoms with E-state index in [4.69, 9.17) is 0 Å². The molecule has 1 aromatic rings. The summed E-state index contributed by atoms with van der Waals surface area (Å²) in [6, 6.07) is 0. The van der Waals surface area contributed by atoms with Crippen molar-refractivity contribution in [2.45, 2.75) is 38.1 Å². The lowest BCUT2D eigenvalue weighted by Crippen LogP contribution is -2.34. The number of hydrogen-bond acceptors (Lipinski definition) is 5. The van der Waals surface area contributed by atoms with Crippen molar-refractivity contribution in [1.29, 1.82) is 0 Å². The van der Waals surface area contributed by atoms with Gasteiger partial charge in [-0.15, -0.1) is 11.3 Å². The van der Waals surface area contributed by atoms with Crippen molar-refractivity contribution in [3.63, 3.8) is 0 Å². The number of thiophene rings is 1. The highest BCUT2D eigenvalue weighted by atomic mass is 32.2. The molecule has 0 spiro atoms. The zero-order valence-corrected chi connectivity index (χ0v) is 14.4. The summed E-state index contributed by atoms with van der Waals surface area (Å²) in [4.78, 5) is 3.67. The molecule has 0 saturated carbocycles. The topological polar surface area (TPSA) is 61.4 Å². The summed E-state index contributed by atoms with van der Waals surface area (Å²) >= 11 is 1.51. The Balaban J connectivity index is 1.99. The molecule has 21 heavy (non-hydrogen) atoms. The van der Waals surface area contributed by atoms with Gasteiger partial charge in [0.2, 0.25) is 10.0 Å². The van der Waals surface area contributed by atoms with E-state index in [1.807, 2.05) is 19.2 Å². The SMILES string of the molecule is CCNCc1scc(C)c1S(=O)(=O)NCCN1CCCC1. The van der Waals surface area contributed by atoms with Gasteiger partial charge < -0.3 is 10.2 Å². The molecule has 1 aromatic heterocycles. The first-order valence-electron chi connectivity index (χ1n) is 7.54. The van der Waals surface area contributed by atoms with Crippen molar-refractivity contribution in [3.05, 3.63) is 15.8 Å². The van der Waals surface area contributed by atoms with Crippen molar-refractivity contribution in [3.8, 4) is 0 Å². The second-order valence-corrected chi connectivity index (χ2v) is 8.07. The van der Waals surface area contributed by atoms with Crippen LogP contribution in [0.3, 0.4) is 0 Å². The molecule has 0 unspecified atom stereocenters. The first-order chi connectivity index (χ1) is 10.0. The lowest BCUT2D eigenvalue weighted by Gasteiger charge is -2.15. The van der Waals surface area contributed by atoms with E-state index in [1.165, 1.54) is 24.2 Å². The monoisotopic (exact) mass is 331 g/mol. The Morgan fingerprint density at radius 2 is 2.05 bits per heavy atom. The Morgan fingerprint density at radius 3 is 2.71 bits per heavy atom. The van der Waals surface area contributed by atoms with Crippen LogP contribution in [0.1, 0.15) is 30.2 Å². The fraction of sp³-hybridized carbons (Fsp3) is 0.714. The number of rotatable bonds is 8. The van der Waals surface area contributed by atoms with Gasteiger partial charge in [-0.05, 0) is 50.3 Å². The van der Waals surface area contributed by atoms with Gasteiger partial charge >= 0.3 is 0 Å². The van der Waals surface area contributed by atoms with Crippen molar-refractivity contribution < 1.29 is 8.42 Å². The third kappa shape index (κ3) is 4.50. The van der Waals surface area contributed by atoms with E-state index < -0.39 is 10.0 Å². The zero-order chi connectivity index (χ0) is 15.3. The van der Waals surface area contributed by atoms with Crippen LogP contribution in [-0.4, -0.2) is 46.0 Å². The molecule has 0 bridgehead atoms. The van der Waals surface area contributed by atoms with Crippen LogP contribution in [0.5, 0.6) is 0 Å². The molecule has 2 N–H and O–H groups in total. The Labute approximate surface area is 131 Å². The average molecular weight is 332 g/mol. The summed E-state index contributed by atoms with van der Waals surface area (Å²) in [5.74, 6) is 0. The van der Waals surface area contributed by atoms with Crippen LogP contribution in [0.15, 0.2) is 10.3 Å². The number of likely N-dealkylation sites (tertiary alicyclic amines) is 1. The Morgan fingerprint density at radius 1 is 1.33 bits per heavy atom. The highest BCUT2D eigenvalue weighted by Gasteiger charge is 2.22. The molecule has 2 rings (SSSR count). The first-order valence-corrected chi connectivity index (χ1v) is 9.90. The van der Waals surface area contributed by atoms with Gasteiger partial charge in [0, 0.05) is 24.5 Å². The predicted octanol–water partition coefficient (Wildman–Crippen LogP) is 1.54. The van der Waals surface area contributed by atoms with Gasteiger partial charge in [0.15, 0.2) is 0 Å². The molecule has 2 heterocycles. The number of aryl methyl sites for hydroxylation is 1. The summed E-state index contributed by atoms with van der Waals surface area (Å²) in [6.07, 6.45) is 2.45. The average Bonchev–Trinajstić information content (AvgIpc) is 3.06. The van der Waals surface area contributed by atoms with Crippen LogP contribution >= 0.6 is 11.3 Å². The number of hydrogen-bond donors (Lipinski definition) is 2. The molecular weight excluding hydrogens is 306 g/mol. The maximum Gasteiger partial charge on any atom is 0.242 e. The molecule has 1 aliphatic heterocycles. The Kier molecular flexibility index (Phi) is 6.19. The molecule has 120 valence electrons. The molecule has 1 aliphatic rings. The Hall–Kier alpha value is -0.470. The van der Waals surface area contributed by atoms with Gasteiger partial charge in [-0.2, -0.15) is 0 Å². The summed E-state index contributed by atoms with van der Waals surface area (Å²) in [5.41, 5.74) is 0.835. The maximum atomic E-state index is 12.5. The molecule has 7 heteroatoms. The minimum Gasteiger partial charge on any atom is -0.312 e. The molecular formula is C14H25N3O2S2. The van der Waals surface area contributed by atoms with Gasteiger partial charge in [0.1, 0.15) is 4.90 Å². The maximum absolute atomic E-state index is 12.5. The third-order valence-corrected chi connectivity index (χ3v) is 6.64. The molecule has 0 atom stereocenters. The van der Waals surface area contributed by atoms with Gasteiger partial charge in [0.05, 0.1) is 0 Å². The van der Waals surface area contributed by atoms with Crippen LogP contribution in [0.4, 0.5) is 0 Å². The summed E-state index contributed by atoms with van der Waals surface area (Å²) in [5, 5.41) is 5.12. The minimum absolute atomic E-state index is 0.467. The molecule has 5 nitrogen and oxygen atoms in total. The molecule has 0 aliphatic carbocycles. The van der Waals surface area contributed by atoms with E-state index in [-0.39, 0.29) is 0 Å². The van der Waals surface area contributed by atoms with Crippen molar-refractivity contribution >= 4 is 21.4 Å². The summed E-state index contributed by atoms with van der Waals surface area (Å²) in [6.45, 7) is 8.78. The smallest absolute Gasteiger partial charge is 0.242 e. The van der Waals surface area contributed by atoms with Crippen LogP contribution in [-0.2, 0) is 16.6 Å². The standard InChI is InChI=1S/C14H25N3O2S2/c1-3-15-10-13-14(12(2)11-20-13)21(18,19)16-6-9-17-7-4-5-8-17/h11,15-16H,3-10H2,1-2H3. The predicted molar refractivity (Wildman–Crippen MR) is 87.3 cm³/mol. The highest BCUT2D eigenvalue weighted by molar-refractivity contribution is 7.89. The second kappa shape index (κ2) is 7.69.